The van der Waals surface area contributed by atoms with Crippen LogP contribution in [0.25, 0.3) is 0 Å². The molecule has 1 rings (SSSR count). The van der Waals surface area contributed by atoms with Gasteiger partial charge in [0.15, 0.2) is 0 Å². The van der Waals surface area contributed by atoms with Gasteiger partial charge in [-0.25, -0.2) is 0 Å². The molecule has 0 bridgehead atoms. The van der Waals surface area contributed by atoms with Gasteiger partial charge in [0.2, 0.25) is 0 Å². The van der Waals surface area contributed by atoms with Gasteiger partial charge in [0, 0.05) is 19.5 Å². The van der Waals surface area contributed by atoms with Crippen LogP contribution in [0, 0.1) is 0 Å². The number of hydrogen-bond acceptors (Lipinski definition) is 2. The second-order valence-corrected chi connectivity index (χ2v) is 3.43. The van der Waals surface area contributed by atoms with E-state index in [0.29, 0.717) is 13.0 Å². The monoisotopic (exact) mass is 297 g/mol. The van der Waals surface area contributed by atoms with Crippen molar-refractivity contribution in [2.45, 2.75) is 39.0 Å². The van der Waals surface area contributed by atoms with Crippen LogP contribution in [0.5, 0.6) is 0 Å². The van der Waals surface area contributed by atoms with Crippen molar-refractivity contribution < 1.29 is 29.0 Å². The van der Waals surface area contributed by atoms with Crippen LogP contribution in [-0.4, -0.2) is 12.6 Å². The third-order valence-electron chi connectivity index (χ3n) is 2.24. The summed E-state index contributed by atoms with van der Waals surface area (Å²) in [6, 6.07) is 0. The third-order valence-corrected chi connectivity index (χ3v) is 2.24. The first kappa shape index (κ1) is 14.6. The Kier molecular flexibility index (Phi) is 8.60. The Morgan fingerprint density at radius 1 is 1.33 bits per heavy atom. The molecule has 0 amide bonds. The van der Waals surface area contributed by atoms with Crippen LogP contribution in [0.1, 0.15) is 39.0 Å². The maximum Gasteiger partial charge on any atom is 0.309 e. The Morgan fingerprint density at radius 2 is 2.07 bits per heavy atom. The van der Waals surface area contributed by atoms with E-state index in [1.54, 1.807) is 0 Å². The van der Waals surface area contributed by atoms with E-state index < -0.39 is 0 Å². The molecule has 0 aliphatic heterocycles. The average molecular weight is 297 g/mol. The van der Waals surface area contributed by atoms with Crippen molar-refractivity contribution in [1.29, 1.82) is 0 Å². The van der Waals surface area contributed by atoms with E-state index in [9.17, 15) is 4.79 Å². The van der Waals surface area contributed by atoms with E-state index in [4.69, 9.17) is 4.74 Å². The van der Waals surface area contributed by atoms with Crippen LogP contribution in [-0.2, 0) is 29.0 Å². The van der Waals surface area contributed by atoms with Gasteiger partial charge in [-0.15, -0.1) is 0 Å². The van der Waals surface area contributed by atoms with Gasteiger partial charge in [-0.1, -0.05) is 23.8 Å². The first-order valence-electron chi connectivity index (χ1n) is 5.31. The van der Waals surface area contributed by atoms with Crippen LogP contribution >= 0.6 is 0 Å². The maximum absolute atomic E-state index is 11.2. The molecule has 0 aromatic carbocycles. The Morgan fingerprint density at radius 3 is 2.80 bits per heavy atom. The first-order valence-corrected chi connectivity index (χ1v) is 5.31. The van der Waals surface area contributed by atoms with Crippen LogP contribution in [0.15, 0.2) is 23.8 Å². The molecule has 0 saturated heterocycles. The molecular weight excluding hydrogens is 279 g/mol. The van der Waals surface area contributed by atoms with Gasteiger partial charge in [-0.05, 0) is 32.6 Å². The molecule has 87 valence electrons. The van der Waals surface area contributed by atoms with E-state index >= 15 is 0 Å². The second kappa shape index (κ2) is 8.85. The van der Waals surface area contributed by atoms with E-state index in [0.717, 1.165) is 25.7 Å². The summed E-state index contributed by atoms with van der Waals surface area (Å²) in [7, 11) is 0. The Hall–Kier alpha value is -0.427. The van der Waals surface area contributed by atoms with Gasteiger partial charge in [-0.3, -0.25) is 4.79 Å². The van der Waals surface area contributed by atoms with E-state index in [-0.39, 0.29) is 25.4 Å². The summed E-state index contributed by atoms with van der Waals surface area (Å²) in [5.74, 6) is -0.0942. The van der Waals surface area contributed by atoms with Crippen LogP contribution in [0.4, 0.5) is 0 Å². The minimum atomic E-state index is -0.0942. The zero-order chi connectivity index (χ0) is 10.2. The standard InChI is InChI=1S/C12H18O2.Rh/c1-2-14-12(13)10-11-8-6-4-3-5-7-9-11;/h3-4,9H,2,5-8,10H2,1H3;. The molecule has 0 spiro atoms. The van der Waals surface area contributed by atoms with Crippen molar-refractivity contribution in [2.75, 3.05) is 6.61 Å². The molecule has 2 nitrogen and oxygen atoms in total. The number of rotatable bonds is 3. The van der Waals surface area contributed by atoms with Crippen molar-refractivity contribution in [1.82, 2.24) is 0 Å². The van der Waals surface area contributed by atoms with Crippen molar-refractivity contribution in [3.63, 3.8) is 0 Å². The van der Waals surface area contributed by atoms with E-state index in [1.165, 1.54) is 5.57 Å². The summed E-state index contributed by atoms with van der Waals surface area (Å²) in [6.07, 6.45) is 11.2. The molecule has 0 aromatic heterocycles. The van der Waals surface area contributed by atoms with Crippen molar-refractivity contribution in [3.8, 4) is 0 Å². The molecule has 0 unspecified atom stereocenters. The fourth-order valence-electron chi connectivity index (χ4n) is 1.55. The molecule has 0 heterocycles. The zero-order valence-electron chi connectivity index (χ0n) is 9.12. The number of carbonyl (C=O) groups excluding carboxylic acids is 1. The maximum atomic E-state index is 11.2. The van der Waals surface area contributed by atoms with Gasteiger partial charge in [0.05, 0.1) is 13.0 Å². The zero-order valence-corrected chi connectivity index (χ0v) is 10.8. The molecule has 0 saturated carbocycles. The summed E-state index contributed by atoms with van der Waals surface area (Å²) >= 11 is 0. The SMILES string of the molecule is CCOC(=O)CC1=CCCC=CCC1.[Rh]. The van der Waals surface area contributed by atoms with Gasteiger partial charge in [-0.2, -0.15) is 0 Å². The van der Waals surface area contributed by atoms with Crippen molar-refractivity contribution in [3.05, 3.63) is 23.8 Å². The minimum Gasteiger partial charge on any atom is -0.466 e. The smallest absolute Gasteiger partial charge is 0.309 e. The molecule has 0 fully saturated rings. The molecule has 0 aromatic rings. The van der Waals surface area contributed by atoms with Crippen molar-refractivity contribution in [2.24, 2.45) is 0 Å². The van der Waals surface area contributed by atoms with Gasteiger partial charge in [0.1, 0.15) is 0 Å². The normalized spacial score (nSPS) is 15.7. The summed E-state index contributed by atoms with van der Waals surface area (Å²) in [5, 5.41) is 0. The molecule has 1 aliphatic rings. The number of ether oxygens (including phenoxy) is 1. The predicted octanol–water partition coefficient (Wildman–Crippen LogP) is 2.99. The van der Waals surface area contributed by atoms with Crippen molar-refractivity contribution >= 4 is 5.97 Å². The third kappa shape index (κ3) is 6.62. The van der Waals surface area contributed by atoms with Crippen LogP contribution in [0.2, 0.25) is 0 Å². The summed E-state index contributed by atoms with van der Waals surface area (Å²) in [4.78, 5) is 11.2. The summed E-state index contributed by atoms with van der Waals surface area (Å²) in [6.45, 7) is 2.32. The van der Waals surface area contributed by atoms with Crippen LogP contribution < -0.4 is 0 Å². The fourth-order valence-corrected chi connectivity index (χ4v) is 1.55. The van der Waals surface area contributed by atoms with Gasteiger partial charge < -0.3 is 4.74 Å². The largest absolute Gasteiger partial charge is 0.466 e. The molecule has 0 atom stereocenters. The first-order chi connectivity index (χ1) is 6.83. The van der Waals surface area contributed by atoms with E-state index in [2.05, 4.69) is 18.2 Å². The quantitative estimate of drug-likeness (QED) is 0.455. The summed E-state index contributed by atoms with van der Waals surface area (Å²) in [5.41, 5.74) is 1.23. The Balaban J connectivity index is 0.00000196. The minimum absolute atomic E-state index is 0. The number of allylic oxidation sites excluding steroid dienone is 3. The fraction of sp³-hybridized carbons (Fsp3) is 0.583. The van der Waals surface area contributed by atoms with Gasteiger partial charge >= 0.3 is 5.97 Å². The van der Waals surface area contributed by atoms with Gasteiger partial charge in [0.25, 0.3) is 0 Å². The molecule has 1 radical (unpaired) electrons. The molecule has 1 aliphatic carbocycles. The Bertz CT molecular complexity index is 244. The predicted molar refractivity (Wildman–Crippen MR) is 56.9 cm³/mol. The van der Waals surface area contributed by atoms with Crippen LogP contribution in [0.3, 0.4) is 0 Å². The molecule has 15 heavy (non-hydrogen) atoms. The molecule has 0 N–H and O–H groups in total. The second-order valence-electron chi connectivity index (χ2n) is 3.43. The number of carbonyl (C=O) groups is 1. The number of esters is 1. The molecule has 3 heteroatoms. The Labute approximate surface area is 105 Å². The molecular formula is C12H18O2Rh. The average Bonchev–Trinajstić information content (AvgIpc) is 2.10. The topological polar surface area (TPSA) is 26.3 Å². The number of hydrogen-bond donors (Lipinski definition) is 0. The summed E-state index contributed by atoms with van der Waals surface area (Å²) < 4.78 is 4.92. The van der Waals surface area contributed by atoms with E-state index in [1.807, 2.05) is 6.92 Å².